The van der Waals surface area contributed by atoms with Crippen LogP contribution >= 0.6 is 0 Å². The second kappa shape index (κ2) is 6.07. The number of nitrogens with one attached hydrogen (secondary N) is 1. The molecule has 0 aromatic carbocycles. The van der Waals surface area contributed by atoms with Crippen molar-refractivity contribution in [3.8, 4) is 0 Å². The van der Waals surface area contributed by atoms with Crippen LogP contribution in [0.4, 0.5) is 0 Å². The number of hydrogen-bond acceptors (Lipinski definition) is 4. The fraction of sp³-hybridized carbons (Fsp3) is 0.643. The summed E-state index contributed by atoms with van der Waals surface area (Å²) in [4.78, 5) is 25.9. The van der Waals surface area contributed by atoms with Crippen LogP contribution in [0.1, 0.15) is 36.2 Å². The van der Waals surface area contributed by atoms with Crippen LogP contribution in [-0.2, 0) is 20.7 Å². The van der Waals surface area contributed by atoms with Crippen LogP contribution in [0.3, 0.4) is 0 Å². The van der Waals surface area contributed by atoms with E-state index < -0.39 is 6.04 Å². The minimum absolute atomic E-state index is 0.0345. The lowest BCUT2D eigenvalue weighted by Crippen LogP contribution is -2.49. The van der Waals surface area contributed by atoms with Crippen molar-refractivity contribution in [2.75, 3.05) is 13.7 Å². The second-order valence-corrected chi connectivity index (χ2v) is 5.21. The highest BCUT2D eigenvalue weighted by Crippen LogP contribution is 2.20. The molecule has 0 bridgehead atoms. The van der Waals surface area contributed by atoms with Gasteiger partial charge in [0.2, 0.25) is 5.91 Å². The molecule has 2 heterocycles. The van der Waals surface area contributed by atoms with Crippen LogP contribution in [0.5, 0.6) is 0 Å². The first-order valence-corrected chi connectivity index (χ1v) is 6.92. The summed E-state index contributed by atoms with van der Waals surface area (Å²) < 4.78 is 4.80. The molecule has 1 aliphatic heterocycles. The minimum atomic E-state index is -0.436. The Kier molecular flexibility index (Phi) is 4.42. The number of amides is 1. The molecule has 1 N–H and O–H groups in total. The molecule has 1 amide bonds. The van der Waals surface area contributed by atoms with Gasteiger partial charge in [0.1, 0.15) is 6.04 Å². The lowest BCUT2D eigenvalue weighted by molar-refractivity contribution is -0.154. The fourth-order valence-electron chi connectivity index (χ4n) is 2.70. The lowest BCUT2D eigenvalue weighted by atomic mass is 10.0. The van der Waals surface area contributed by atoms with Crippen LogP contribution in [0, 0.1) is 13.8 Å². The molecule has 1 atom stereocenters. The van der Waals surface area contributed by atoms with Crippen LogP contribution in [0.2, 0.25) is 0 Å². The predicted octanol–water partition coefficient (Wildman–Crippen LogP) is 1.12. The van der Waals surface area contributed by atoms with E-state index in [1.807, 2.05) is 13.8 Å². The van der Waals surface area contributed by atoms with Gasteiger partial charge in [-0.1, -0.05) is 0 Å². The van der Waals surface area contributed by atoms with E-state index in [-0.39, 0.29) is 18.3 Å². The molecule has 0 spiro atoms. The molecule has 6 nitrogen and oxygen atoms in total. The van der Waals surface area contributed by atoms with Gasteiger partial charge in [0.15, 0.2) is 0 Å². The topological polar surface area (TPSA) is 75.3 Å². The third-order valence-electron chi connectivity index (χ3n) is 3.91. The maximum Gasteiger partial charge on any atom is 0.328 e. The summed E-state index contributed by atoms with van der Waals surface area (Å²) >= 11 is 0. The summed E-state index contributed by atoms with van der Waals surface area (Å²) in [6.07, 6.45) is 2.85. The maximum absolute atomic E-state index is 12.5. The number of H-pyrrole nitrogens is 1. The van der Waals surface area contributed by atoms with Crippen LogP contribution in [-0.4, -0.2) is 46.7 Å². The monoisotopic (exact) mass is 279 g/mol. The molecule has 2 rings (SSSR count). The summed E-state index contributed by atoms with van der Waals surface area (Å²) in [7, 11) is 1.37. The molecular weight excluding hydrogens is 258 g/mol. The molecular formula is C14H21N3O3. The first-order valence-electron chi connectivity index (χ1n) is 6.92. The summed E-state index contributed by atoms with van der Waals surface area (Å²) in [5.74, 6) is -0.355. The van der Waals surface area contributed by atoms with E-state index in [1.165, 1.54) is 7.11 Å². The van der Waals surface area contributed by atoms with E-state index in [9.17, 15) is 9.59 Å². The van der Waals surface area contributed by atoms with Crippen molar-refractivity contribution in [2.45, 2.75) is 45.6 Å². The Morgan fingerprint density at radius 1 is 1.40 bits per heavy atom. The normalized spacial score (nSPS) is 18.9. The van der Waals surface area contributed by atoms with Crippen LogP contribution in [0.25, 0.3) is 0 Å². The van der Waals surface area contributed by atoms with Crippen LogP contribution < -0.4 is 0 Å². The number of aryl methyl sites for hydroxylation is 2. The van der Waals surface area contributed by atoms with Gasteiger partial charge in [0.05, 0.1) is 19.2 Å². The smallest absolute Gasteiger partial charge is 0.328 e. The molecule has 0 aliphatic carbocycles. The van der Waals surface area contributed by atoms with Gasteiger partial charge in [-0.3, -0.25) is 9.89 Å². The third kappa shape index (κ3) is 2.84. The number of esters is 1. The van der Waals surface area contributed by atoms with Gasteiger partial charge in [-0.25, -0.2) is 4.79 Å². The molecule has 1 aliphatic rings. The van der Waals surface area contributed by atoms with E-state index in [0.717, 1.165) is 29.8 Å². The Morgan fingerprint density at radius 3 is 2.75 bits per heavy atom. The number of carbonyl (C=O) groups excluding carboxylic acids is 2. The maximum atomic E-state index is 12.5. The summed E-state index contributed by atoms with van der Waals surface area (Å²) in [6, 6.07) is -0.436. The Hall–Kier alpha value is -1.85. The molecule has 20 heavy (non-hydrogen) atoms. The highest BCUT2D eigenvalue weighted by Gasteiger charge is 2.33. The van der Waals surface area contributed by atoms with E-state index >= 15 is 0 Å². The molecule has 0 unspecified atom stereocenters. The number of likely N-dealkylation sites (tertiary alicyclic amines) is 1. The molecule has 110 valence electrons. The van der Waals surface area contributed by atoms with Crippen molar-refractivity contribution in [3.05, 3.63) is 17.0 Å². The number of aromatic nitrogens is 2. The molecule has 1 aromatic heterocycles. The SMILES string of the molecule is COC(=O)[C@H]1CCCCN1C(=O)Cc1c(C)n[nH]c1C. The first kappa shape index (κ1) is 14.6. The Morgan fingerprint density at radius 2 is 2.15 bits per heavy atom. The average molecular weight is 279 g/mol. The molecule has 1 fully saturated rings. The molecule has 1 aromatic rings. The Bertz CT molecular complexity index is 490. The standard InChI is InChI=1S/C14H21N3O3/c1-9-11(10(2)16-15-9)8-13(18)17-7-5-4-6-12(17)14(19)20-3/h12H,4-8H2,1-3H3,(H,15,16)/t12-/m1/s1. The van der Waals surface area contributed by atoms with Gasteiger partial charge in [0, 0.05) is 17.8 Å². The number of ether oxygens (including phenoxy) is 1. The van der Waals surface area contributed by atoms with Gasteiger partial charge in [-0.15, -0.1) is 0 Å². The largest absolute Gasteiger partial charge is 0.467 e. The van der Waals surface area contributed by atoms with Crippen molar-refractivity contribution in [1.82, 2.24) is 15.1 Å². The number of rotatable bonds is 3. The predicted molar refractivity (Wildman–Crippen MR) is 73.1 cm³/mol. The van der Waals surface area contributed by atoms with Gasteiger partial charge < -0.3 is 9.64 Å². The molecule has 1 saturated heterocycles. The number of piperidine rings is 1. The summed E-state index contributed by atoms with van der Waals surface area (Å²) in [5, 5.41) is 6.98. The van der Waals surface area contributed by atoms with Crippen molar-refractivity contribution in [2.24, 2.45) is 0 Å². The van der Waals surface area contributed by atoms with E-state index in [4.69, 9.17) is 4.74 Å². The van der Waals surface area contributed by atoms with Crippen molar-refractivity contribution in [1.29, 1.82) is 0 Å². The highest BCUT2D eigenvalue weighted by molar-refractivity contribution is 5.86. The number of hydrogen-bond donors (Lipinski definition) is 1. The van der Waals surface area contributed by atoms with Crippen molar-refractivity contribution in [3.63, 3.8) is 0 Å². The van der Waals surface area contributed by atoms with Crippen molar-refractivity contribution >= 4 is 11.9 Å². The number of aromatic amines is 1. The highest BCUT2D eigenvalue weighted by atomic mass is 16.5. The lowest BCUT2D eigenvalue weighted by Gasteiger charge is -2.33. The molecule has 6 heteroatoms. The third-order valence-corrected chi connectivity index (χ3v) is 3.91. The van der Waals surface area contributed by atoms with E-state index in [1.54, 1.807) is 4.90 Å². The van der Waals surface area contributed by atoms with E-state index in [0.29, 0.717) is 13.0 Å². The summed E-state index contributed by atoms with van der Waals surface area (Å²) in [5.41, 5.74) is 2.66. The fourth-order valence-corrected chi connectivity index (χ4v) is 2.70. The number of nitrogens with zero attached hydrogens (tertiary/aromatic N) is 2. The average Bonchev–Trinajstić information content (AvgIpc) is 2.78. The van der Waals surface area contributed by atoms with Gasteiger partial charge >= 0.3 is 5.97 Å². The first-order chi connectivity index (χ1) is 9.54. The number of carbonyl (C=O) groups is 2. The van der Waals surface area contributed by atoms with Gasteiger partial charge in [-0.2, -0.15) is 5.10 Å². The zero-order chi connectivity index (χ0) is 14.7. The van der Waals surface area contributed by atoms with Crippen LogP contribution in [0.15, 0.2) is 0 Å². The molecule has 0 saturated carbocycles. The van der Waals surface area contributed by atoms with Gasteiger partial charge in [-0.05, 0) is 33.1 Å². The second-order valence-electron chi connectivity index (χ2n) is 5.21. The minimum Gasteiger partial charge on any atom is -0.467 e. The zero-order valence-electron chi connectivity index (χ0n) is 12.2. The van der Waals surface area contributed by atoms with E-state index in [2.05, 4.69) is 10.2 Å². The van der Waals surface area contributed by atoms with Gasteiger partial charge in [0.25, 0.3) is 0 Å². The Balaban J connectivity index is 2.12. The Labute approximate surface area is 118 Å². The zero-order valence-corrected chi connectivity index (χ0v) is 12.2. The summed E-state index contributed by atoms with van der Waals surface area (Å²) in [6.45, 7) is 4.39. The quantitative estimate of drug-likeness (QED) is 0.841. The molecule has 0 radical (unpaired) electrons. The van der Waals surface area contributed by atoms with Crippen molar-refractivity contribution < 1.29 is 14.3 Å². The number of methoxy groups -OCH3 is 1.